The van der Waals surface area contributed by atoms with Gasteiger partial charge in [0.25, 0.3) is 0 Å². The van der Waals surface area contributed by atoms with E-state index in [0.29, 0.717) is 5.92 Å². The Hall–Kier alpha value is -0.230. The molecule has 0 bridgehead atoms. The quantitative estimate of drug-likeness (QED) is 0.557. The molecule has 1 heteroatoms. The van der Waals surface area contributed by atoms with Crippen molar-refractivity contribution in [3.05, 3.63) is 23.8 Å². The van der Waals surface area contributed by atoms with Crippen molar-refractivity contribution >= 4 is 11.6 Å². The zero-order chi connectivity index (χ0) is 8.27. The number of halogens is 1. The van der Waals surface area contributed by atoms with Gasteiger partial charge >= 0.3 is 0 Å². The van der Waals surface area contributed by atoms with E-state index < -0.39 is 0 Å². The van der Waals surface area contributed by atoms with Gasteiger partial charge in [0.05, 0.1) is 5.38 Å². The van der Waals surface area contributed by atoms with Crippen LogP contribution in [0.3, 0.4) is 0 Å². The molecule has 2 unspecified atom stereocenters. The molecule has 0 heterocycles. The smallest absolute Gasteiger partial charge is 0.0556 e. The summed E-state index contributed by atoms with van der Waals surface area (Å²) in [5, 5.41) is 0.226. The van der Waals surface area contributed by atoms with Gasteiger partial charge in [-0.2, -0.15) is 0 Å². The second-order valence-corrected chi connectivity index (χ2v) is 3.72. The second-order valence-electron chi connectivity index (χ2n) is 3.16. The van der Waals surface area contributed by atoms with Crippen LogP contribution in [0.5, 0.6) is 0 Å². The maximum absolute atomic E-state index is 5.98. The van der Waals surface area contributed by atoms with Crippen molar-refractivity contribution in [2.75, 3.05) is 0 Å². The van der Waals surface area contributed by atoms with Crippen LogP contribution in [0.1, 0.15) is 26.7 Å². The summed E-state index contributed by atoms with van der Waals surface area (Å²) in [6, 6.07) is 0. The average molecular weight is 171 g/mol. The Morgan fingerprint density at radius 1 is 1.73 bits per heavy atom. The summed E-state index contributed by atoms with van der Waals surface area (Å²) in [5.74, 6) is 0.696. The van der Waals surface area contributed by atoms with Crippen LogP contribution in [0.4, 0.5) is 0 Å². The lowest BCUT2D eigenvalue weighted by atomic mass is 9.91. The summed E-state index contributed by atoms with van der Waals surface area (Å²) in [7, 11) is 0. The second kappa shape index (κ2) is 3.96. The first-order valence-electron chi connectivity index (χ1n) is 4.25. The van der Waals surface area contributed by atoms with Gasteiger partial charge in [-0.3, -0.25) is 0 Å². The van der Waals surface area contributed by atoms with Crippen LogP contribution in [0.15, 0.2) is 23.8 Å². The molecule has 0 spiro atoms. The first-order chi connectivity index (χ1) is 5.24. The van der Waals surface area contributed by atoms with Crippen LogP contribution in [0.2, 0.25) is 0 Å². The first-order valence-corrected chi connectivity index (χ1v) is 4.69. The van der Waals surface area contributed by atoms with E-state index in [9.17, 15) is 0 Å². The highest BCUT2D eigenvalue weighted by Gasteiger charge is 2.12. The SMILES string of the molecule is CCC(C)C1=CC=CC(Cl)C1. The number of allylic oxidation sites excluding steroid dienone is 4. The van der Waals surface area contributed by atoms with Crippen molar-refractivity contribution in [3.63, 3.8) is 0 Å². The molecule has 0 saturated heterocycles. The van der Waals surface area contributed by atoms with E-state index in [1.807, 2.05) is 6.08 Å². The monoisotopic (exact) mass is 170 g/mol. The first kappa shape index (κ1) is 8.86. The van der Waals surface area contributed by atoms with Gasteiger partial charge in [-0.15, -0.1) is 11.6 Å². The van der Waals surface area contributed by atoms with Gasteiger partial charge in [0.2, 0.25) is 0 Å². The molecular weight excluding hydrogens is 156 g/mol. The van der Waals surface area contributed by atoms with Crippen molar-refractivity contribution in [3.8, 4) is 0 Å². The van der Waals surface area contributed by atoms with Crippen LogP contribution < -0.4 is 0 Å². The Bertz CT molecular complexity index is 179. The zero-order valence-electron chi connectivity index (χ0n) is 7.18. The third-order valence-electron chi connectivity index (χ3n) is 2.31. The van der Waals surface area contributed by atoms with Gasteiger partial charge in [0, 0.05) is 0 Å². The zero-order valence-corrected chi connectivity index (χ0v) is 7.93. The Labute approximate surface area is 73.9 Å². The minimum Gasteiger partial charge on any atom is -0.118 e. The topological polar surface area (TPSA) is 0 Å². The third-order valence-corrected chi connectivity index (χ3v) is 2.61. The van der Waals surface area contributed by atoms with Crippen molar-refractivity contribution in [1.82, 2.24) is 0 Å². The van der Waals surface area contributed by atoms with E-state index in [2.05, 4.69) is 26.0 Å². The maximum Gasteiger partial charge on any atom is 0.0556 e. The lowest BCUT2D eigenvalue weighted by Gasteiger charge is -2.17. The van der Waals surface area contributed by atoms with Gasteiger partial charge in [-0.25, -0.2) is 0 Å². The van der Waals surface area contributed by atoms with Crippen molar-refractivity contribution in [1.29, 1.82) is 0 Å². The molecule has 0 saturated carbocycles. The summed E-state index contributed by atoms with van der Waals surface area (Å²) in [6.45, 7) is 4.47. The predicted octanol–water partition coefficient (Wildman–Crippen LogP) is 3.53. The molecule has 0 aromatic heterocycles. The molecule has 0 fully saturated rings. The third kappa shape index (κ3) is 2.37. The molecule has 2 atom stereocenters. The minimum absolute atomic E-state index is 0.226. The van der Waals surface area contributed by atoms with E-state index in [1.54, 1.807) is 0 Å². The summed E-state index contributed by atoms with van der Waals surface area (Å²) in [6.07, 6.45) is 8.57. The summed E-state index contributed by atoms with van der Waals surface area (Å²) in [5.41, 5.74) is 1.50. The van der Waals surface area contributed by atoms with Crippen LogP contribution in [-0.2, 0) is 0 Å². The van der Waals surface area contributed by atoms with Gasteiger partial charge in [0.15, 0.2) is 0 Å². The lowest BCUT2D eigenvalue weighted by molar-refractivity contribution is 0.623. The van der Waals surface area contributed by atoms with Crippen LogP contribution >= 0.6 is 11.6 Å². The molecule has 1 rings (SSSR count). The number of rotatable bonds is 2. The van der Waals surface area contributed by atoms with Crippen molar-refractivity contribution < 1.29 is 0 Å². The van der Waals surface area contributed by atoms with Gasteiger partial charge in [0.1, 0.15) is 0 Å². The molecule has 1 aliphatic rings. The number of alkyl halides is 1. The largest absolute Gasteiger partial charge is 0.118 e. The highest BCUT2D eigenvalue weighted by Crippen LogP contribution is 2.25. The number of hydrogen-bond donors (Lipinski definition) is 0. The molecule has 0 amide bonds. The van der Waals surface area contributed by atoms with Crippen molar-refractivity contribution in [2.45, 2.75) is 32.1 Å². The molecule has 0 nitrogen and oxygen atoms in total. The van der Waals surface area contributed by atoms with Crippen molar-refractivity contribution in [2.24, 2.45) is 5.92 Å². The van der Waals surface area contributed by atoms with Gasteiger partial charge in [-0.1, -0.05) is 37.6 Å². The van der Waals surface area contributed by atoms with E-state index in [4.69, 9.17) is 11.6 Å². The minimum atomic E-state index is 0.226. The molecule has 1 aliphatic carbocycles. The number of hydrogen-bond acceptors (Lipinski definition) is 0. The standard InChI is InChI=1S/C10H15Cl/c1-3-8(2)9-5-4-6-10(11)7-9/h4-6,8,10H,3,7H2,1-2H3. The Morgan fingerprint density at radius 2 is 2.45 bits per heavy atom. The molecule has 0 radical (unpaired) electrons. The summed E-state index contributed by atoms with van der Waals surface area (Å²) >= 11 is 5.98. The van der Waals surface area contributed by atoms with Crippen LogP contribution in [0.25, 0.3) is 0 Å². The van der Waals surface area contributed by atoms with Gasteiger partial charge < -0.3 is 0 Å². The fourth-order valence-corrected chi connectivity index (χ4v) is 1.55. The van der Waals surface area contributed by atoms with E-state index in [1.165, 1.54) is 12.0 Å². The van der Waals surface area contributed by atoms with E-state index >= 15 is 0 Å². The normalized spacial score (nSPS) is 26.5. The maximum atomic E-state index is 5.98. The lowest BCUT2D eigenvalue weighted by Crippen LogP contribution is -2.06. The molecule has 11 heavy (non-hydrogen) atoms. The van der Waals surface area contributed by atoms with E-state index in [0.717, 1.165) is 6.42 Å². The molecule has 0 N–H and O–H groups in total. The highest BCUT2D eigenvalue weighted by molar-refractivity contribution is 6.22. The Morgan fingerprint density at radius 3 is 3.00 bits per heavy atom. The summed E-state index contributed by atoms with van der Waals surface area (Å²) in [4.78, 5) is 0. The molecule has 62 valence electrons. The summed E-state index contributed by atoms with van der Waals surface area (Å²) < 4.78 is 0. The average Bonchev–Trinajstić information content (AvgIpc) is 2.03. The van der Waals surface area contributed by atoms with Crippen LogP contribution in [0, 0.1) is 5.92 Å². The fraction of sp³-hybridized carbons (Fsp3) is 0.600. The molecular formula is C10H15Cl. The predicted molar refractivity (Wildman–Crippen MR) is 50.9 cm³/mol. The molecule has 0 aromatic carbocycles. The molecule has 0 aliphatic heterocycles. The Kier molecular flexibility index (Phi) is 3.19. The van der Waals surface area contributed by atoms with Crippen LogP contribution in [-0.4, -0.2) is 5.38 Å². The highest BCUT2D eigenvalue weighted by atomic mass is 35.5. The fourth-order valence-electron chi connectivity index (χ4n) is 1.29. The van der Waals surface area contributed by atoms with Gasteiger partial charge in [-0.05, 0) is 18.8 Å². The molecule has 0 aromatic rings. The van der Waals surface area contributed by atoms with E-state index in [-0.39, 0.29) is 5.38 Å². The Balaban J connectivity index is 2.58.